The van der Waals surface area contributed by atoms with Gasteiger partial charge in [-0.15, -0.1) is 0 Å². The van der Waals surface area contributed by atoms with Crippen LogP contribution in [0.5, 0.6) is 0 Å². The third kappa shape index (κ3) is 2.93. The van der Waals surface area contributed by atoms with Gasteiger partial charge in [0.25, 0.3) is 0 Å². The van der Waals surface area contributed by atoms with E-state index < -0.39 is 0 Å². The molecule has 0 bridgehead atoms. The number of piperazine rings is 1. The fraction of sp³-hybridized carbons (Fsp3) is 0.786. The smallest absolute Gasteiger partial charge is 0.0625 e. The Morgan fingerprint density at radius 3 is 2.89 bits per heavy atom. The van der Waals surface area contributed by atoms with Crippen molar-refractivity contribution in [3.63, 3.8) is 0 Å². The summed E-state index contributed by atoms with van der Waals surface area (Å²) in [4.78, 5) is 2.60. The summed E-state index contributed by atoms with van der Waals surface area (Å²) in [5.74, 6) is 0. The van der Waals surface area contributed by atoms with Gasteiger partial charge in [-0.25, -0.2) is 0 Å². The van der Waals surface area contributed by atoms with E-state index in [2.05, 4.69) is 46.8 Å². The molecule has 0 aliphatic carbocycles. The van der Waals surface area contributed by atoms with Crippen molar-refractivity contribution in [2.75, 3.05) is 19.6 Å². The van der Waals surface area contributed by atoms with Gasteiger partial charge in [0, 0.05) is 38.8 Å². The van der Waals surface area contributed by atoms with Crippen LogP contribution in [-0.4, -0.2) is 40.4 Å². The molecule has 1 aliphatic rings. The minimum Gasteiger partial charge on any atom is -0.314 e. The standard InChI is InChI=1S/C14H26N4/c1-4-12-9-14(18(6-3)16-12)11-17-8-7-15-10-13(17)5-2/h9,13,15H,4-8,10-11H2,1-3H3. The number of hydrogen-bond acceptors (Lipinski definition) is 3. The van der Waals surface area contributed by atoms with E-state index in [9.17, 15) is 0 Å². The van der Waals surface area contributed by atoms with E-state index >= 15 is 0 Å². The van der Waals surface area contributed by atoms with E-state index in [-0.39, 0.29) is 0 Å². The van der Waals surface area contributed by atoms with E-state index in [1.165, 1.54) is 17.8 Å². The first-order valence-corrected chi connectivity index (χ1v) is 7.28. The van der Waals surface area contributed by atoms with Crippen molar-refractivity contribution < 1.29 is 0 Å². The summed E-state index contributed by atoms with van der Waals surface area (Å²) in [5, 5.41) is 8.12. The molecule has 4 nitrogen and oxygen atoms in total. The molecule has 1 aromatic heterocycles. The maximum Gasteiger partial charge on any atom is 0.0625 e. The van der Waals surface area contributed by atoms with Gasteiger partial charge in [0.1, 0.15) is 0 Å². The minimum atomic E-state index is 0.670. The Labute approximate surface area is 110 Å². The average molecular weight is 250 g/mol. The molecule has 0 radical (unpaired) electrons. The summed E-state index contributed by atoms with van der Waals surface area (Å²) in [7, 11) is 0. The van der Waals surface area contributed by atoms with Gasteiger partial charge in [0.2, 0.25) is 0 Å². The van der Waals surface area contributed by atoms with E-state index in [1.807, 2.05) is 0 Å². The third-order valence-corrected chi connectivity index (χ3v) is 3.88. The molecular weight excluding hydrogens is 224 g/mol. The van der Waals surface area contributed by atoms with E-state index in [4.69, 9.17) is 0 Å². The average Bonchev–Trinajstić information content (AvgIpc) is 2.81. The molecule has 1 fully saturated rings. The molecule has 1 atom stereocenters. The molecule has 2 rings (SSSR count). The van der Waals surface area contributed by atoms with Crippen molar-refractivity contribution >= 4 is 0 Å². The fourth-order valence-corrected chi connectivity index (χ4v) is 2.71. The fourth-order valence-electron chi connectivity index (χ4n) is 2.71. The second-order valence-electron chi connectivity index (χ2n) is 5.03. The second kappa shape index (κ2) is 6.34. The zero-order chi connectivity index (χ0) is 13.0. The van der Waals surface area contributed by atoms with E-state index in [1.54, 1.807) is 0 Å². The lowest BCUT2D eigenvalue weighted by molar-refractivity contribution is 0.145. The summed E-state index contributed by atoms with van der Waals surface area (Å²) in [6.07, 6.45) is 2.24. The quantitative estimate of drug-likeness (QED) is 0.862. The lowest BCUT2D eigenvalue weighted by Crippen LogP contribution is -2.50. The van der Waals surface area contributed by atoms with Crippen molar-refractivity contribution in [3.8, 4) is 0 Å². The van der Waals surface area contributed by atoms with Crippen molar-refractivity contribution in [1.29, 1.82) is 0 Å². The topological polar surface area (TPSA) is 33.1 Å². The van der Waals surface area contributed by atoms with Crippen LogP contribution in [0.25, 0.3) is 0 Å². The van der Waals surface area contributed by atoms with Crippen LogP contribution in [0.1, 0.15) is 38.6 Å². The van der Waals surface area contributed by atoms with E-state index in [0.29, 0.717) is 6.04 Å². The molecule has 0 amide bonds. The monoisotopic (exact) mass is 250 g/mol. The lowest BCUT2D eigenvalue weighted by Gasteiger charge is -2.35. The number of nitrogens with one attached hydrogen (secondary N) is 1. The molecular formula is C14H26N4. The van der Waals surface area contributed by atoms with Crippen molar-refractivity contribution in [2.24, 2.45) is 0 Å². The summed E-state index contributed by atoms with van der Waals surface area (Å²) >= 11 is 0. The molecule has 4 heteroatoms. The molecule has 1 saturated heterocycles. The molecule has 0 aromatic carbocycles. The summed E-state index contributed by atoms with van der Waals surface area (Å²) in [6, 6.07) is 2.95. The Kier molecular flexibility index (Phi) is 4.78. The van der Waals surface area contributed by atoms with Gasteiger partial charge in [0.05, 0.1) is 11.4 Å². The highest BCUT2D eigenvalue weighted by Crippen LogP contribution is 2.14. The Balaban J connectivity index is 2.09. The molecule has 1 unspecified atom stereocenters. The number of rotatable bonds is 5. The van der Waals surface area contributed by atoms with Gasteiger partial charge in [-0.3, -0.25) is 9.58 Å². The van der Waals surface area contributed by atoms with E-state index in [0.717, 1.165) is 39.1 Å². The Bertz CT molecular complexity index is 372. The van der Waals surface area contributed by atoms with Crippen LogP contribution in [0.15, 0.2) is 6.07 Å². The molecule has 2 heterocycles. The molecule has 18 heavy (non-hydrogen) atoms. The van der Waals surface area contributed by atoms with Crippen LogP contribution in [0.3, 0.4) is 0 Å². The second-order valence-corrected chi connectivity index (χ2v) is 5.03. The number of aromatic nitrogens is 2. The van der Waals surface area contributed by atoms with Crippen LogP contribution >= 0.6 is 0 Å². The summed E-state index contributed by atoms with van der Waals surface area (Å²) < 4.78 is 2.16. The maximum absolute atomic E-state index is 4.64. The molecule has 1 N–H and O–H groups in total. The van der Waals surface area contributed by atoms with Crippen LogP contribution in [0, 0.1) is 0 Å². The first-order chi connectivity index (χ1) is 8.78. The minimum absolute atomic E-state index is 0.670. The van der Waals surface area contributed by atoms with Crippen molar-refractivity contribution in [3.05, 3.63) is 17.5 Å². The van der Waals surface area contributed by atoms with Gasteiger partial charge in [0.15, 0.2) is 0 Å². The van der Waals surface area contributed by atoms with Gasteiger partial charge in [-0.2, -0.15) is 5.10 Å². The zero-order valence-corrected chi connectivity index (χ0v) is 11.9. The van der Waals surface area contributed by atoms with Crippen LogP contribution in [-0.2, 0) is 19.5 Å². The molecule has 0 spiro atoms. The Hall–Kier alpha value is -0.870. The van der Waals surface area contributed by atoms with Crippen LogP contribution in [0.4, 0.5) is 0 Å². The highest BCUT2D eigenvalue weighted by molar-refractivity contribution is 5.11. The summed E-state index contributed by atoms with van der Waals surface area (Å²) in [6.45, 7) is 12.0. The first-order valence-electron chi connectivity index (χ1n) is 7.28. The maximum atomic E-state index is 4.64. The van der Waals surface area contributed by atoms with Gasteiger partial charge in [-0.05, 0) is 25.8 Å². The normalized spacial score (nSPS) is 21.4. The first kappa shape index (κ1) is 13.6. The molecule has 1 aliphatic heterocycles. The van der Waals surface area contributed by atoms with Crippen LogP contribution in [0.2, 0.25) is 0 Å². The zero-order valence-electron chi connectivity index (χ0n) is 11.9. The van der Waals surface area contributed by atoms with Crippen LogP contribution < -0.4 is 5.32 Å². The highest BCUT2D eigenvalue weighted by Gasteiger charge is 2.21. The Morgan fingerprint density at radius 2 is 2.22 bits per heavy atom. The van der Waals surface area contributed by atoms with Gasteiger partial charge in [-0.1, -0.05) is 13.8 Å². The number of nitrogens with zero attached hydrogens (tertiary/aromatic N) is 3. The summed E-state index contributed by atoms with van der Waals surface area (Å²) in [5.41, 5.74) is 2.59. The van der Waals surface area contributed by atoms with Crippen molar-refractivity contribution in [2.45, 2.75) is 52.7 Å². The molecule has 1 aromatic rings. The predicted octanol–water partition coefficient (Wildman–Crippen LogP) is 1.65. The third-order valence-electron chi connectivity index (χ3n) is 3.88. The predicted molar refractivity (Wildman–Crippen MR) is 74.6 cm³/mol. The number of hydrogen-bond donors (Lipinski definition) is 1. The largest absolute Gasteiger partial charge is 0.314 e. The molecule has 0 saturated carbocycles. The van der Waals surface area contributed by atoms with Gasteiger partial charge >= 0.3 is 0 Å². The van der Waals surface area contributed by atoms with Gasteiger partial charge < -0.3 is 5.32 Å². The van der Waals surface area contributed by atoms with Crippen molar-refractivity contribution in [1.82, 2.24) is 20.0 Å². The number of aryl methyl sites for hydroxylation is 2. The Morgan fingerprint density at radius 1 is 1.39 bits per heavy atom. The molecule has 102 valence electrons. The SMILES string of the molecule is CCc1cc(CN2CCNCC2CC)n(CC)n1. The lowest BCUT2D eigenvalue weighted by atomic mass is 10.1. The highest BCUT2D eigenvalue weighted by atomic mass is 15.3.